The molecule has 1 fully saturated rings. The topological polar surface area (TPSA) is 45.2 Å². The van der Waals surface area contributed by atoms with Crippen LogP contribution in [0.15, 0.2) is 24.4 Å². The zero-order valence-electron chi connectivity index (χ0n) is 11.1. The summed E-state index contributed by atoms with van der Waals surface area (Å²) in [7, 11) is 0. The average molecular weight is 247 g/mol. The largest absolute Gasteiger partial charge is 0.353 e. The first-order valence-corrected chi connectivity index (χ1v) is 6.58. The number of aromatic nitrogens is 1. The molecule has 2 heterocycles. The van der Waals surface area contributed by atoms with Crippen LogP contribution in [0.4, 0.5) is 0 Å². The van der Waals surface area contributed by atoms with Gasteiger partial charge in [0, 0.05) is 25.8 Å². The van der Waals surface area contributed by atoms with Crippen LogP contribution in [0.1, 0.15) is 26.0 Å². The Morgan fingerprint density at radius 2 is 2.33 bits per heavy atom. The zero-order valence-corrected chi connectivity index (χ0v) is 11.1. The second-order valence-electron chi connectivity index (χ2n) is 5.23. The molecule has 18 heavy (non-hydrogen) atoms. The maximum atomic E-state index is 12.0. The molecule has 1 aliphatic heterocycles. The number of hydrogen-bond donors (Lipinski definition) is 1. The number of rotatable bonds is 4. The minimum absolute atomic E-state index is 0.0132. The molecule has 0 aromatic carbocycles. The predicted molar refractivity (Wildman–Crippen MR) is 70.9 cm³/mol. The Labute approximate surface area is 108 Å². The van der Waals surface area contributed by atoms with Gasteiger partial charge in [-0.2, -0.15) is 0 Å². The number of pyridine rings is 1. The molecule has 1 saturated heterocycles. The van der Waals surface area contributed by atoms with Crippen molar-refractivity contribution in [1.82, 2.24) is 15.2 Å². The second kappa shape index (κ2) is 5.96. The number of carbonyl (C=O) groups is 1. The van der Waals surface area contributed by atoms with E-state index in [2.05, 4.69) is 29.0 Å². The van der Waals surface area contributed by atoms with Crippen LogP contribution in [0.5, 0.6) is 0 Å². The Morgan fingerprint density at radius 1 is 1.50 bits per heavy atom. The molecule has 1 N–H and O–H groups in total. The van der Waals surface area contributed by atoms with Crippen molar-refractivity contribution in [2.75, 3.05) is 13.1 Å². The highest BCUT2D eigenvalue weighted by atomic mass is 16.2. The Bertz CT molecular complexity index is 391. The summed E-state index contributed by atoms with van der Waals surface area (Å²) in [6.45, 7) is 6.70. The van der Waals surface area contributed by atoms with E-state index in [1.54, 1.807) is 6.20 Å². The highest BCUT2D eigenvalue weighted by Crippen LogP contribution is 2.16. The third kappa shape index (κ3) is 3.29. The van der Waals surface area contributed by atoms with Crippen molar-refractivity contribution in [1.29, 1.82) is 0 Å². The van der Waals surface area contributed by atoms with Crippen molar-refractivity contribution in [2.24, 2.45) is 5.92 Å². The fraction of sp³-hybridized carbons (Fsp3) is 0.571. The molecule has 4 heteroatoms. The van der Waals surface area contributed by atoms with E-state index in [1.165, 1.54) is 0 Å². The van der Waals surface area contributed by atoms with Crippen LogP contribution in [0.2, 0.25) is 0 Å². The van der Waals surface area contributed by atoms with E-state index < -0.39 is 0 Å². The first-order valence-electron chi connectivity index (χ1n) is 6.58. The first kappa shape index (κ1) is 13.0. The van der Waals surface area contributed by atoms with Crippen molar-refractivity contribution in [3.8, 4) is 0 Å². The fourth-order valence-corrected chi connectivity index (χ4v) is 2.35. The molecule has 0 bridgehead atoms. The Balaban J connectivity index is 2.06. The van der Waals surface area contributed by atoms with Crippen molar-refractivity contribution >= 4 is 5.91 Å². The number of hydrogen-bond acceptors (Lipinski definition) is 3. The molecular formula is C14H21N3O. The summed E-state index contributed by atoms with van der Waals surface area (Å²) in [4.78, 5) is 18.5. The molecule has 1 atom stereocenters. The van der Waals surface area contributed by atoms with Gasteiger partial charge in [-0.25, -0.2) is 0 Å². The summed E-state index contributed by atoms with van der Waals surface area (Å²) in [6, 6.07) is 5.90. The molecule has 0 radical (unpaired) electrons. The molecule has 1 aromatic heterocycles. The SMILES string of the molecule is CC(C)CC1C(=O)NCCN1Cc1ccccn1. The minimum atomic E-state index is -0.0132. The summed E-state index contributed by atoms with van der Waals surface area (Å²) < 4.78 is 0. The van der Waals surface area contributed by atoms with Gasteiger partial charge in [-0.1, -0.05) is 19.9 Å². The van der Waals surface area contributed by atoms with Gasteiger partial charge in [0.25, 0.3) is 0 Å². The van der Waals surface area contributed by atoms with Gasteiger partial charge in [-0.15, -0.1) is 0 Å². The van der Waals surface area contributed by atoms with Crippen molar-refractivity contribution < 1.29 is 4.79 Å². The molecule has 4 nitrogen and oxygen atoms in total. The monoisotopic (exact) mass is 247 g/mol. The Kier molecular flexibility index (Phi) is 4.31. The summed E-state index contributed by atoms with van der Waals surface area (Å²) in [5.74, 6) is 0.677. The van der Waals surface area contributed by atoms with E-state index in [1.807, 2.05) is 18.2 Å². The van der Waals surface area contributed by atoms with Crippen LogP contribution in [-0.2, 0) is 11.3 Å². The lowest BCUT2D eigenvalue weighted by Gasteiger charge is -2.35. The molecule has 1 unspecified atom stereocenters. The standard InChI is InChI=1S/C14H21N3O/c1-11(2)9-13-14(18)16-7-8-17(13)10-12-5-3-4-6-15-12/h3-6,11,13H,7-10H2,1-2H3,(H,16,18). The molecular weight excluding hydrogens is 226 g/mol. The Hall–Kier alpha value is -1.42. The highest BCUT2D eigenvalue weighted by molar-refractivity contribution is 5.82. The van der Waals surface area contributed by atoms with E-state index in [9.17, 15) is 4.79 Å². The third-order valence-electron chi connectivity index (χ3n) is 3.23. The number of nitrogens with one attached hydrogen (secondary N) is 1. The lowest BCUT2D eigenvalue weighted by molar-refractivity contribution is -0.130. The van der Waals surface area contributed by atoms with E-state index in [4.69, 9.17) is 0 Å². The third-order valence-corrected chi connectivity index (χ3v) is 3.23. The summed E-state index contributed by atoms with van der Waals surface area (Å²) in [5.41, 5.74) is 1.03. The fourth-order valence-electron chi connectivity index (χ4n) is 2.35. The van der Waals surface area contributed by atoms with Crippen molar-refractivity contribution in [2.45, 2.75) is 32.9 Å². The number of nitrogens with zero attached hydrogens (tertiary/aromatic N) is 2. The van der Waals surface area contributed by atoms with Gasteiger partial charge in [0.1, 0.15) is 0 Å². The lowest BCUT2D eigenvalue weighted by Crippen LogP contribution is -2.55. The van der Waals surface area contributed by atoms with Crippen molar-refractivity contribution in [3.05, 3.63) is 30.1 Å². The zero-order chi connectivity index (χ0) is 13.0. The summed E-state index contributed by atoms with van der Waals surface area (Å²) in [5, 5.41) is 2.95. The van der Waals surface area contributed by atoms with E-state index in [0.29, 0.717) is 5.92 Å². The number of amides is 1. The van der Waals surface area contributed by atoms with Crippen LogP contribution >= 0.6 is 0 Å². The van der Waals surface area contributed by atoms with Crippen LogP contribution in [-0.4, -0.2) is 34.9 Å². The molecule has 0 spiro atoms. The summed E-state index contributed by atoms with van der Waals surface area (Å²) in [6.07, 6.45) is 2.70. The quantitative estimate of drug-likeness (QED) is 0.875. The highest BCUT2D eigenvalue weighted by Gasteiger charge is 2.30. The second-order valence-corrected chi connectivity index (χ2v) is 5.23. The average Bonchev–Trinajstić information content (AvgIpc) is 2.34. The Morgan fingerprint density at radius 3 is 3.00 bits per heavy atom. The van der Waals surface area contributed by atoms with E-state index in [0.717, 1.165) is 31.7 Å². The van der Waals surface area contributed by atoms with Gasteiger partial charge in [0.05, 0.1) is 11.7 Å². The molecule has 0 aliphatic carbocycles. The number of piperazine rings is 1. The molecule has 1 amide bonds. The maximum Gasteiger partial charge on any atom is 0.237 e. The molecule has 1 aliphatic rings. The van der Waals surface area contributed by atoms with Gasteiger partial charge in [0.15, 0.2) is 0 Å². The van der Waals surface area contributed by atoms with Gasteiger partial charge >= 0.3 is 0 Å². The summed E-state index contributed by atoms with van der Waals surface area (Å²) >= 11 is 0. The lowest BCUT2D eigenvalue weighted by atomic mass is 10.00. The van der Waals surface area contributed by atoms with Gasteiger partial charge in [-0.3, -0.25) is 14.7 Å². The van der Waals surface area contributed by atoms with Gasteiger partial charge < -0.3 is 5.32 Å². The van der Waals surface area contributed by atoms with Crippen LogP contribution < -0.4 is 5.32 Å². The molecule has 0 saturated carbocycles. The van der Waals surface area contributed by atoms with E-state index >= 15 is 0 Å². The maximum absolute atomic E-state index is 12.0. The van der Waals surface area contributed by atoms with Crippen LogP contribution in [0.3, 0.4) is 0 Å². The molecule has 2 rings (SSSR count). The smallest absolute Gasteiger partial charge is 0.237 e. The van der Waals surface area contributed by atoms with Gasteiger partial charge in [-0.05, 0) is 24.5 Å². The van der Waals surface area contributed by atoms with Crippen molar-refractivity contribution in [3.63, 3.8) is 0 Å². The minimum Gasteiger partial charge on any atom is -0.353 e. The normalized spacial score (nSPS) is 21.1. The number of carbonyl (C=O) groups excluding carboxylic acids is 1. The predicted octanol–water partition coefficient (Wildman–Crippen LogP) is 1.43. The molecule has 98 valence electrons. The van der Waals surface area contributed by atoms with Crippen LogP contribution in [0, 0.1) is 5.92 Å². The van der Waals surface area contributed by atoms with Crippen LogP contribution in [0.25, 0.3) is 0 Å². The molecule has 1 aromatic rings. The van der Waals surface area contributed by atoms with E-state index in [-0.39, 0.29) is 11.9 Å². The van der Waals surface area contributed by atoms with Gasteiger partial charge in [0.2, 0.25) is 5.91 Å². The first-order chi connectivity index (χ1) is 8.66.